The average molecular weight is 401 g/mol. The minimum atomic E-state index is -4.85. The van der Waals surface area contributed by atoms with Gasteiger partial charge in [0, 0.05) is 10.0 Å². The molecule has 0 amide bonds. The van der Waals surface area contributed by atoms with Crippen LogP contribution in [-0.4, -0.2) is 23.5 Å². The van der Waals surface area contributed by atoms with Gasteiger partial charge in [0.25, 0.3) is 0 Å². The third-order valence-corrected chi connectivity index (χ3v) is 4.69. The van der Waals surface area contributed by atoms with E-state index in [0.717, 1.165) is 0 Å². The number of sulfone groups is 1. The molecule has 0 fully saturated rings. The van der Waals surface area contributed by atoms with E-state index in [1.807, 2.05) is 0 Å². The second-order valence-electron chi connectivity index (χ2n) is 4.83. The molecule has 0 atom stereocenters. The van der Waals surface area contributed by atoms with E-state index >= 15 is 0 Å². The summed E-state index contributed by atoms with van der Waals surface area (Å²) in [6, 6.07) is 4.14. The molecular formula is C13H9Cl2F3N2O3S. The molecule has 1 heterocycles. The number of benzene rings is 1. The van der Waals surface area contributed by atoms with Crippen LogP contribution in [0.15, 0.2) is 24.4 Å². The van der Waals surface area contributed by atoms with Crippen LogP contribution in [0.2, 0.25) is 10.0 Å². The smallest absolute Gasteiger partial charge is 0.451 e. The molecule has 0 radical (unpaired) electrons. The van der Waals surface area contributed by atoms with Gasteiger partial charge in [0.2, 0.25) is 5.82 Å². The maximum atomic E-state index is 12.6. The average Bonchev–Trinajstić information content (AvgIpc) is 2.37. The zero-order chi connectivity index (χ0) is 18.1. The molecule has 1 aromatic heterocycles. The Kier molecular flexibility index (Phi) is 5.26. The van der Waals surface area contributed by atoms with E-state index in [9.17, 15) is 26.7 Å². The molecule has 1 aromatic carbocycles. The Hall–Kier alpha value is -1.58. The summed E-state index contributed by atoms with van der Waals surface area (Å²) >= 11 is 11.5. The van der Waals surface area contributed by atoms with Gasteiger partial charge in [-0.25, -0.2) is 18.4 Å². The van der Waals surface area contributed by atoms with E-state index in [2.05, 4.69) is 9.97 Å². The van der Waals surface area contributed by atoms with Crippen LogP contribution in [0, 0.1) is 0 Å². The second-order valence-corrected chi connectivity index (χ2v) is 7.77. The molecule has 1 N–H and O–H groups in total. The Balaban J connectivity index is 2.29. The normalized spacial score (nSPS) is 12.4. The van der Waals surface area contributed by atoms with E-state index in [0.29, 0.717) is 6.20 Å². The first-order valence-corrected chi connectivity index (χ1v) is 8.81. The van der Waals surface area contributed by atoms with E-state index in [-0.39, 0.29) is 15.6 Å². The van der Waals surface area contributed by atoms with Crippen molar-refractivity contribution < 1.29 is 26.7 Å². The van der Waals surface area contributed by atoms with Crippen LogP contribution in [0.5, 0.6) is 5.75 Å². The molecular weight excluding hydrogens is 392 g/mol. The number of hydrogen-bond acceptors (Lipinski definition) is 5. The molecule has 0 saturated heterocycles. The summed E-state index contributed by atoms with van der Waals surface area (Å²) < 4.78 is 62.1. The monoisotopic (exact) mass is 400 g/mol. The van der Waals surface area contributed by atoms with Gasteiger partial charge in [0.05, 0.1) is 17.7 Å². The fourth-order valence-electron chi connectivity index (χ4n) is 1.86. The molecule has 0 aliphatic carbocycles. The van der Waals surface area contributed by atoms with Crippen molar-refractivity contribution in [2.45, 2.75) is 17.7 Å². The third-order valence-electron chi connectivity index (χ3n) is 2.76. The molecule has 0 spiro atoms. The second kappa shape index (κ2) is 6.73. The molecule has 24 heavy (non-hydrogen) atoms. The quantitative estimate of drug-likeness (QED) is 0.847. The molecule has 0 saturated carbocycles. The lowest BCUT2D eigenvalue weighted by atomic mass is 10.2. The largest absolute Gasteiger partial charge is 0.504 e. The van der Waals surface area contributed by atoms with Gasteiger partial charge in [-0.05, 0) is 23.8 Å². The highest BCUT2D eigenvalue weighted by Crippen LogP contribution is 2.29. The van der Waals surface area contributed by atoms with Crippen LogP contribution < -0.4 is 0 Å². The Bertz CT molecular complexity index is 853. The maximum Gasteiger partial charge on any atom is 0.451 e. The lowest BCUT2D eigenvalue weighted by molar-refractivity contribution is -0.145. The van der Waals surface area contributed by atoms with E-state index in [1.54, 1.807) is 0 Å². The number of alkyl halides is 3. The van der Waals surface area contributed by atoms with E-state index in [4.69, 9.17) is 23.2 Å². The van der Waals surface area contributed by atoms with Gasteiger partial charge in [-0.3, -0.25) is 0 Å². The Labute approximate surface area is 145 Å². The highest BCUT2D eigenvalue weighted by molar-refractivity contribution is 7.89. The highest BCUT2D eigenvalue weighted by Gasteiger charge is 2.35. The molecule has 130 valence electrons. The van der Waals surface area contributed by atoms with Crippen LogP contribution >= 0.6 is 23.2 Å². The molecule has 0 aliphatic rings. The summed E-state index contributed by atoms with van der Waals surface area (Å²) in [5.41, 5.74) is -0.373. The summed E-state index contributed by atoms with van der Waals surface area (Å²) in [6.45, 7) is 0. The Morgan fingerprint density at radius 2 is 1.67 bits per heavy atom. The predicted octanol–water partition coefficient (Wildman–Crippen LogP) is 3.62. The molecule has 0 bridgehead atoms. The van der Waals surface area contributed by atoms with Crippen LogP contribution in [0.3, 0.4) is 0 Å². The van der Waals surface area contributed by atoms with Gasteiger partial charge in [-0.2, -0.15) is 13.2 Å². The molecule has 11 heteroatoms. The Morgan fingerprint density at radius 1 is 1.08 bits per heavy atom. The number of aromatic hydroxyl groups is 1. The molecule has 5 nitrogen and oxygen atoms in total. The zero-order valence-corrected chi connectivity index (χ0v) is 14.0. The molecule has 0 unspecified atom stereocenters. The van der Waals surface area contributed by atoms with Gasteiger partial charge >= 0.3 is 6.18 Å². The van der Waals surface area contributed by atoms with Gasteiger partial charge in [0.1, 0.15) is 5.69 Å². The number of rotatable bonds is 4. The van der Waals surface area contributed by atoms with Crippen LogP contribution in [0.25, 0.3) is 0 Å². The summed E-state index contributed by atoms with van der Waals surface area (Å²) in [5, 5.41) is 9.96. The van der Waals surface area contributed by atoms with Crippen LogP contribution in [-0.2, 0) is 27.5 Å². The summed E-state index contributed by atoms with van der Waals surface area (Å²) in [7, 11) is -3.94. The first-order valence-electron chi connectivity index (χ1n) is 6.24. The van der Waals surface area contributed by atoms with Crippen molar-refractivity contribution in [1.82, 2.24) is 9.97 Å². The van der Waals surface area contributed by atoms with E-state index in [1.165, 1.54) is 18.2 Å². The third kappa shape index (κ3) is 4.96. The van der Waals surface area contributed by atoms with Gasteiger partial charge in [-0.15, -0.1) is 0 Å². The SMILES string of the molecule is O=S(=O)(Cc1cc(Cl)cc(Cl)c1)Cc1nc(C(F)(F)F)ncc1O. The topological polar surface area (TPSA) is 80.2 Å². The lowest BCUT2D eigenvalue weighted by Gasteiger charge is -2.09. The fraction of sp³-hybridized carbons (Fsp3) is 0.231. The van der Waals surface area contributed by atoms with Gasteiger partial charge in [-0.1, -0.05) is 23.2 Å². The van der Waals surface area contributed by atoms with Crippen molar-refractivity contribution in [1.29, 1.82) is 0 Å². The zero-order valence-electron chi connectivity index (χ0n) is 11.7. The number of nitrogens with zero attached hydrogens (tertiary/aromatic N) is 2. The van der Waals surface area contributed by atoms with Gasteiger partial charge < -0.3 is 5.11 Å². The summed E-state index contributed by atoms with van der Waals surface area (Å²) in [5.74, 6) is -3.70. The van der Waals surface area contributed by atoms with Gasteiger partial charge in [0.15, 0.2) is 15.6 Å². The van der Waals surface area contributed by atoms with Crippen molar-refractivity contribution in [3.05, 3.63) is 51.5 Å². The van der Waals surface area contributed by atoms with Crippen molar-refractivity contribution in [2.75, 3.05) is 0 Å². The molecule has 0 aliphatic heterocycles. The summed E-state index contributed by atoms with van der Waals surface area (Å²) in [6.07, 6.45) is -4.34. The van der Waals surface area contributed by atoms with Crippen molar-refractivity contribution in [3.63, 3.8) is 0 Å². The van der Waals surface area contributed by atoms with Crippen molar-refractivity contribution in [3.8, 4) is 5.75 Å². The highest BCUT2D eigenvalue weighted by atomic mass is 35.5. The van der Waals surface area contributed by atoms with Crippen molar-refractivity contribution >= 4 is 33.0 Å². The fourth-order valence-corrected chi connectivity index (χ4v) is 3.84. The van der Waals surface area contributed by atoms with Crippen LogP contribution in [0.1, 0.15) is 17.1 Å². The maximum absolute atomic E-state index is 12.6. The van der Waals surface area contributed by atoms with E-state index < -0.39 is 44.8 Å². The minimum Gasteiger partial charge on any atom is -0.504 e. The number of aromatic nitrogens is 2. The molecule has 2 rings (SSSR count). The summed E-state index contributed by atoms with van der Waals surface area (Å²) in [4.78, 5) is 6.02. The number of halogens is 5. The predicted molar refractivity (Wildman–Crippen MR) is 81.5 cm³/mol. The van der Waals surface area contributed by atoms with Crippen molar-refractivity contribution in [2.24, 2.45) is 0 Å². The minimum absolute atomic E-state index is 0.219. The Morgan fingerprint density at radius 3 is 2.21 bits per heavy atom. The molecule has 2 aromatic rings. The lowest BCUT2D eigenvalue weighted by Crippen LogP contribution is -2.15. The first-order chi connectivity index (χ1) is 11.0. The standard InChI is InChI=1S/C13H9Cl2F3N2O3S/c14-8-1-7(2-9(15)3-8)5-24(22,23)6-10-11(21)4-19-12(20-10)13(16,17)18/h1-4,21H,5-6H2. The first kappa shape index (κ1) is 18.8. The number of hydrogen-bond donors (Lipinski definition) is 1. The van der Waals surface area contributed by atoms with Crippen LogP contribution in [0.4, 0.5) is 13.2 Å².